The Morgan fingerprint density at radius 3 is 2.60 bits per heavy atom. The lowest BCUT2D eigenvalue weighted by atomic mass is 10.1. The molecule has 1 aromatic carbocycles. The van der Waals surface area contributed by atoms with Crippen LogP contribution < -0.4 is 4.74 Å². The molecule has 0 saturated heterocycles. The number of fused-ring (bicyclic) bond motifs is 1. The third kappa shape index (κ3) is 2.34. The Kier molecular flexibility index (Phi) is 3.56. The van der Waals surface area contributed by atoms with E-state index in [1.807, 2.05) is 49.6 Å². The topological polar surface area (TPSA) is 52.3 Å². The molecule has 3 rings (SSSR count). The summed E-state index contributed by atoms with van der Waals surface area (Å²) in [5.74, 6) is 0.867. The molecule has 2 heterocycles. The van der Waals surface area contributed by atoms with Crippen molar-refractivity contribution in [3.63, 3.8) is 0 Å². The summed E-state index contributed by atoms with van der Waals surface area (Å²) in [7, 11) is 0. The van der Waals surface area contributed by atoms with E-state index in [-0.39, 0.29) is 0 Å². The van der Waals surface area contributed by atoms with Crippen LogP contribution in [0.5, 0.6) is 5.75 Å². The lowest BCUT2D eigenvalue weighted by Crippen LogP contribution is -1.96. The first-order valence-electron chi connectivity index (χ1n) is 6.31. The smallest absolute Gasteiger partial charge is 0.212 e. The molecule has 0 aliphatic heterocycles. The van der Waals surface area contributed by atoms with Crippen molar-refractivity contribution < 1.29 is 4.74 Å². The second-order valence-electron chi connectivity index (χ2n) is 4.13. The second-order valence-corrected chi connectivity index (χ2v) is 4.91. The lowest BCUT2D eigenvalue weighted by Gasteiger charge is -2.05. The molecule has 0 fully saturated rings. The van der Waals surface area contributed by atoms with Crippen molar-refractivity contribution in [1.29, 1.82) is 0 Å². The van der Waals surface area contributed by atoms with Gasteiger partial charge in [-0.1, -0.05) is 11.8 Å². The molecule has 5 nitrogen and oxygen atoms in total. The molecule has 0 spiro atoms. The fraction of sp³-hybridized carbons (Fsp3) is 0.214. The van der Waals surface area contributed by atoms with Crippen LogP contribution in [-0.4, -0.2) is 32.7 Å². The van der Waals surface area contributed by atoms with Crippen molar-refractivity contribution in [2.45, 2.75) is 12.1 Å². The second kappa shape index (κ2) is 5.50. The van der Waals surface area contributed by atoms with Gasteiger partial charge in [-0.25, -0.2) is 0 Å². The molecule has 0 radical (unpaired) electrons. The van der Waals surface area contributed by atoms with E-state index in [0.29, 0.717) is 6.61 Å². The molecule has 0 atom stereocenters. The number of hydrogen-bond acceptors (Lipinski definition) is 5. The zero-order chi connectivity index (χ0) is 13.9. The van der Waals surface area contributed by atoms with Gasteiger partial charge in [0, 0.05) is 5.56 Å². The highest BCUT2D eigenvalue weighted by Crippen LogP contribution is 2.22. The Bertz CT molecular complexity index is 724. The zero-order valence-corrected chi connectivity index (χ0v) is 12.1. The predicted octanol–water partition coefficient (Wildman–Crippen LogP) is 2.91. The number of benzene rings is 1. The maximum Gasteiger partial charge on any atom is 0.212 e. The molecular formula is C14H14N4OS. The molecule has 3 aromatic rings. The van der Waals surface area contributed by atoms with Crippen LogP contribution >= 0.6 is 11.8 Å². The summed E-state index contributed by atoms with van der Waals surface area (Å²) in [5, 5.41) is 13.5. The van der Waals surface area contributed by atoms with E-state index in [4.69, 9.17) is 4.74 Å². The van der Waals surface area contributed by atoms with Crippen molar-refractivity contribution in [2.24, 2.45) is 0 Å². The Morgan fingerprint density at radius 2 is 1.90 bits per heavy atom. The molecule has 0 unspecified atom stereocenters. The van der Waals surface area contributed by atoms with E-state index in [1.165, 1.54) is 11.8 Å². The minimum Gasteiger partial charge on any atom is -0.494 e. The van der Waals surface area contributed by atoms with Crippen LogP contribution in [0.1, 0.15) is 6.92 Å². The van der Waals surface area contributed by atoms with Crippen molar-refractivity contribution in [2.75, 3.05) is 12.9 Å². The summed E-state index contributed by atoms with van der Waals surface area (Å²) in [6.07, 6.45) is 1.96. The van der Waals surface area contributed by atoms with Gasteiger partial charge in [-0.3, -0.25) is 0 Å². The van der Waals surface area contributed by atoms with Crippen molar-refractivity contribution in [3.05, 3.63) is 36.4 Å². The average molecular weight is 286 g/mol. The Hall–Kier alpha value is -2.08. The quantitative estimate of drug-likeness (QED) is 0.690. The molecule has 6 heteroatoms. The standard InChI is InChI=1S/C14H14N4OS/c1-3-19-11-6-4-10(5-7-11)12-8-9-13-15-16-14(20-2)18(13)17-12/h4-9H,3H2,1-2H3. The van der Waals surface area contributed by atoms with Gasteiger partial charge in [0.05, 0.1) is 12.3 Å². The van der Waals surface area contributed by atoms with Crippen molar-refractivity contribution >= 4 is 17.4 Å². The Labute approximate surface area is 121 Å². The van der Waals surface area contributed by atoms with E-state index in [2.05, 4.69) is 15.3 Å². The first-order chi connectivity index (χ1) is 9.81. The summed E-state index contributed by atoms with van der Waals surface area (Å²) in [6, 6.07) is 11.8. The Morgan fingerprint density at radius 1 is 1.10 bits per heavy atom. The highest BCUT2D eigenvalue weighted by molar-refractivity contribution is 7.98. The van der Waals surface area contributed by atoms with Crippen molar-refractivity contribution in [1.82, 2.24) is 19.8 Å². The molecule has 2 aromatic heterocycles. The lowest BCUT2D eigenvalue weighted by molar-refractivity contribution is 0.340. The maximum atomic E-state index is 5.44. The van der Waals surface area contributed by atoms with Crippen LogP contribution in [0.15, 0.2) is 41.6 Å². The van der Waals surface area contributed by atoms with E-state index >= 15 is 0 Å². The largest absolute Gasteiger partial charge is 0.494 e. The van der Waals surface area contributed by atoms with E-state index < -0.39 is 0 Å². The SMILES string of the molecule is CCOc1ccc(-c2ccc3nnc(SC)n3n2)cc1. The van der Waals surface area contributed by atoms with Gasteiger partial charge < -0.3 is 4.74 Å². The van der Waals surface area contributed by atoms with E-state index in [0.717, 1.165) is 27.8 Å². The number of aromatic nitrogens is 4. The predicted molar refractivity (Wildman–Crippen MR) is 79.2 cm³/mol. The van der Waals surface area contributed by atoms with Gasteiger partial charge in [-0.15, -0.1) is 10.2 Å². The number of rotatable bonds is 4. The summed E-state index contributed by atoms with van der Waals surface area (Å²) in [6.45, 7) is 2.64. The normalized spacial score (nSPS) is 10.9. The first-order valence-corrected chi connectivity index (χ1v) is 7.54. The van der Waals surface area contributed by atoms with Gasteiger partial charge in [0.25, 0.3) is 0 Å². The molecule has 20 heavy (non-hydrogen) atoms. The molecule has 0 amide bonds. The number of nitrogens with zero attached hydrogens (tertiary/aromatic N) is 4. The molecular weight excluding hydrogens is 272 g/mol. The summed E-state index contributed by atoms with van der Waals surface area (Å²) >= 11 is 1.52. The molecule has 0 aliphatic carbocycles. The monoisotopic (exact) mass is 286 g/mol. The maximum absolute atomic E-state index is 5.44. The van der Waals surface area contributed by atoms with Crippen LogP contribution in [0.25, 0.3) is 16.9 Å². The van der Waals surface area contributed by atoms with E-state index in [9.17, 15) is 0 Å². The molecule has 0 saturated carbocycles. The fourth-order valence-corrected chi connectivity index (χ4v) is 2.37. The van der Waals surface area contributed by atoms with Crippen LogP contribution in [0.2, 0.25) is 0 Å². The van der Waals surface area contributed by atoms with Gasteiger partial charge in [0.1, 0.15) is 5.75 Å². The zero-order valence-electron chi connectivity index (χ0n) is 11.3. The van der Waals surface area contributed by atoms with Crippen LogP contribution in [0, 0.1) is 0 Å². The van der Waals surface area contributed by atoms with Gasteiger partial charge in [-0.05, 0) is 49.6 Å². The molecule has 0 N–H and O–H groups in total. The third-order valence-corrected chi connectivity index (χ3v) is 3.50. The highest BCUT2D eigenvalue weighted by Gasteiger charge is 2.07. The van der Waals surface area contributed by atoms with Crippen molar-refractivity contribution in [3.8, 4) is 17.0 Å². The number of thioether (sulfide) groups is 1. The van der Waals surface area contributed by atoms with E-state index in [1.54, 1.807) is 4.52 Å². The van der Waals surface area contributed by atoms with Gasteiger partial charge in [-0.2, -0.15) is 9.61 Å². The average Bonchev–Trinajstić information content (AvgIpc) is 2.90. The van der Waals surface area contributed by atoms with Gasteiger partial charge >= 0.3 is 0 Å². The van der Waals surface area contributed by atoms with Crippen LogP contribution in [0.3, 0.4) is 0 Å². The van der Waals surface area contributed by atoms with Crippen LogP contribution in [0.4, 0.5) is 0 Å². The summed E-state index contributed by atoms with van der Waals surface area (Å²) < 4.78 is 7.20. The Balaban J connectivity index is 2.00. The van der Waals surface area contributed by atoms with Gasteiger partial charge in [0.15, 0.2) is 5.65 Å². The number of ether oxygens (including phenoxy) is 1. The molecule has 102 valence electrons. The minimum absolute atomic E-state index is 0.668. The molecule has 0 aliphatic rings. The van der Waals surface area contributed by atoms with Crippen LogP contribution in [-0.2, 0) is 0 Å². The molecule has 0 bridgehead atoms. The van der Waals surface area contributed by atoms with Gasteiger partial charge in [0.2, 0.25) is 5.16 Å². The first kappa shape index (κ1) is 12.9. The summed E-state index contributed by atoms with van der Waals surface area (Å²) in [4.78, 5) is 0. The number of hydrogen-bond donors (Lipinski definition) is 0. The minimum atomic E-state index is 0.668. The highest BCUT2D eigenvalue weighted by atomic mass is 32.2. The summed E-state index contributed by atoms with van der Waals surface area (Å²) in [5.41, 5.74) is 2.68. The third-order valence-electron chi connectivity index (χ3n) is 2.88. The fourth-order valence-electron chi connectivity index (χ4n) is 1.94.